The van der Waals surface area contributed by atoms with Crippen molar-refractivity contribution in [3.05, 3.63) is 81.6 Å². The van der Waals surface area contributed by atoms with Crippen LogP contribution in [0.4, 0.5) is 0 Å². The molecule has 0 saturated carbocycles. The second-order valence-corrected chi connectivity index (χ2v) is 5.09. The summed E-state index contributed by atoms with van der Waals surface area (Å²) in [6, 6.07) is 17.3. The van der Waals surface area contributed by atoms with E-state index < -0.39 is 0 Å². The number of aromatic amines is 1. The molecule has 0 unspecified atom stereocenters. The van der Waals surface area contributed by atoms with Crippen molar-refractivity contribution in [2.24, 2.45) is 0 Å². The van der Waals surface area contributed by atoms with E-state index in [1.165, 1.54) is 6.92 Å². The smallest absolute Gasteiger partial charge is 0.259 e. The molecule has 0 fully saturated rings. The predicted octanol–water partition coefficient (Wildman–Crippen LogP) is 3.90. The van der Waals surface area contributed by atoms with E-state index >= 15 is 0 Å². The van der Waals surface area contributed by atoms with Gasteiger partial charge in [-0.2, -0.15) is 0 Å². The lowest BCUT2D eigenvalue weighted by Crippen LogP contribution is -2.18. The van der Waals surface area contributed by atoms with Gasteiger partial charge in [0, 0.05) is 16.5 Å². The molecule has 0 aliphatic carbocycles. The van der Waals surface area contributed by atoms with E-state index in [-0.39, 0.29) is 16.9 Å². The lowest BCUT2D eigenvalue weighted by atomic mass is 9.99. The SMILES string of the molecule is CC(=O)c1c(/C=C/c2ccccc2)c2ccccc2[nH]c1=O. The summed E-state index contributed by atoms with van der Waals surface area (Å²) in [5.74, 6) is -0.236. The molecule has 0 aliphatic rings. The maximum absolute atomic E-state index is 12.2. The number of hydrogen-bond acceptors (Lipinski definition) is 2. The van der Waals surface area contributed by atoms with Gasteiger partial charge in [0.15, 0.2) is 5.78 Å². The van der Waals surface area contributed by atoms with Crippen molar-refractivity contribution in [3.63, 3.8) is 0 Å². The number of pyridine rings is 1. The summed E-state index contributed by atoms with van der Waals surface area (Å²) in [5.41, 5.74) is 2.26. The predicted molar refractivity (Wildman–Crippen MR) is 89.9 cm³/mol. The first-order chi connectivity index (χ1) is 10.7. The molecule has 22 heavy (non-hydrogen) atoms. The fourth-order valence-electron chi connectivity index (χ4n) is 2.54. The minimum absolute atomic E-state index is 0.200. The van der Waals surface area contributed by atoms with Crippen molar-refractivity contribution in [1.82, 2.24) is 4.98 Å². The molecule has 0 aliphatic heterocycles. The van der Waals surface area contributed by atoms with Crippen molar-refractivity contribution in [1.29, 1.82) is 0 Å². The summed E-state index contributed by atoms with van der Waals surface area (Å²) >= 11 is 0. The highest BCUT2D eigenvalue weighted by Gasteiger charge is 2.14. The van der Waals surface area contributed by atoms with E-state index in [1.807, 2.05) is 66.7 Å². The van der Waals surface area contributed by atoms with E-state index in [2.05, 4.69) is 4.98 Å². The average molecular weight is 289 g/mol. The highest BCUT2D eigenvalue weighted by molar-refractivity contribution is 6.04. The van der Waals surface area contributed by atoms with Gasteiger partial charge in [0.1, 0.15) is 0 Å². The molecule has 0 atom stereocenters. The minimum Gasteiger partial charge on any atom is -0.321 e. The summed E-state index contributed by atoms with van der Waals surface area (Å²) in [7, 11) is 0. The molecule has 0 amide bonds. The maximum Gasteiger partial charge on any atom is 0.259 e. The maximum atomic E-state index is 12.2. The number of H-pyrrole nitrogens is 1. The number of fused-ring (bicyclic) bond motifs is 1. The quantitative estimate of drug-likeness (QED) is 0.743. The summed E-state index contributed by atoms with van der Waals surface area (Å²) in [5, 5.41) is 0.861. The first kappa shape index (κ1) is 14.0. The van der Waals surface area contributed by atoms with Gasteiger partial charge in [-0.3, -0.25) is 9.59 Å². The summed E-state index contributed by atoms with van der Waals surface area (Å²) in [6.07, 6.45) is 3.75. The molecule has 0 bridgehead atoms. The molecule has 1 heterocycles. The molecule has 1 N–H and O–H groups in total. The first-order valence-electron chi connectivity index (χ1n) is 7.06. The number of benzene rings is 2. The van der Waals surface area contributed by atoms with Crippen LogP contribution in [0.1, 0.15) is 28.4 Å². The lowest BCUT2D eigenvalue weighted by molar-refractivity contribution is 0.101. The molecule has 3 aromatic rings. The minimum atomic E-state index is -0.348. The molecule has 3 nitrogen and oxygen atoms in total. The van der Waals surface area contributed by atoms with E-state index in [9.17, 15) is 9.59 Å². The molecular weight excluding hydrogens is 274 g/mol. The van der Waals surface area contributed by atoms with Gasteiger partial charge in [-0.1, -0.05) is 60.7 Å². The molecule has 3 heteroatoms. The highest BCUT2D eigenvalue weighted by Crippen LogP contribution is 2.21. The van der Waals surface area contributed by atoms with Crippen molar-refractivity contribution < 1.29 is 4.79 Å². The Hall–Kier alpha value is -2.94. The zero-order valence-corrected chi connectivity index (χ0v) is 12.2. The molecule has 0 saturated heterocycles. The van der Waals surface area contributed by atoms with Crippen LogP contribution in [0.5, 0.6) is 0 Å². The monoisotopic (exact) mass is 289 g/mol. The fraction of sp³-hybridized carbons (Fsp3) is 0.0526. The number of ketones is 1. The van der Waals surface area contributed by atoms with E-state index in [4.69, 9.17) is 0 Å². The molecule has 0 radical (unpaired) electrons. The van der Waals surface area contributed by atoms with Crippen LogP contribution in [-0.4, -0.2) is 10.8 Å². The van der Waals surface area contributed by atoms with Gasteiger partial charge >= 0.3 is 0 Å². The fourth-order valence-corrected chi connectivity index (χ4v) is 2.54. The summed E-state index contributed by atoms with van der Waals surface area (Å²) in [6.45, 7) is 1.42. The van der Waals surface area contributed by atoms with Gasteiger partial charge in [0.25, 0.3) is 5.56 Å². The number of hydrogen-bond donors (Lipinski definition) is 1. The van der Waals surface area contributed by atoms with Crippen molar-refractivity contribution in [3.8, 4) is 0 Å². The second-order valence-electron chi connectivity index (χ2n) is 5.09. The topological polar surface area (TPSA) is 49.9 Å². The zero-order valence-electron chi connectivity index (χ0n) is 12.2. The van der Waals surface area contributed by atoms with E-state index in [0.717, 1.165) is 16.5 Å². The van der Waals surface area contributed by atoms with Gasteiger partial charge in [-0.05, 0) is 18.6 Å². The van der Waals surface area contributed by atoms with Gasteiger partial charge in [0.05, 0.1) is 5.56 Å². The number of rotatable bonds is 3. The van der Waals surface area contributed by atoms with Crippen LogP contribution in [0.25, 0.3) is 23.1 Å². The Morgan fingerprint density at radius 3 is 2.36 bits per heavy atom. The van der Waals surface area contributed by atoms with Crippen molar-refractivity contribution in [2.45, 2.75) is 6.92 Å². The standard InChI is InChI=1S/C19H15NO2/c1-13(21)18-16(12-11-14-7-3-2-4-8-14)15-9-5-6-10-17(15)20-19(18)22/h2-12H,1H3,(H,20,22)/b12-11+. The Morgan fingerprint density at radius 1 is 0.955 bits per heavy atom. The van der Waals surface area contributed by atoms with Crippen LogP contribution in [0.15, 0.2) is 59.4 Å². The highest BCUT2D eigenvalue weighted by atomic mass is 16.1. The molecule has 108 valence electrons. The van der Waals surface area contributed by atoms with Crippen LogP contribution in [0, 0.1) is 0 Å². The Morgan fingerprint density at radius 2 is 1.64 bits per heavy atom. The molecule has 1 aromatic heterocycles. The van der Waals surface area contributed by atoms with Crippen LogP contribution in [0.2, 0.25) is 0 Å². The van der Waals surface area contributed by atoms with Crippen LogP contribution in [0.3, 0.4) is 0 Å². The van der Waals surface area contributed by atoms with Gasteiger partial charge in [-0.15, -0.1) is 0 Å². The number of nitrogens with one attached hydrogen (secondary N) is 1. The Kier molecular flexibility index (Phi) is 3.71. The van der Waals surface area contributed by atoms with E-state index in [1.54, 1.807) is 0 Å². The van der Waals surface area contributed by atoms with Crippen LogP contribution >= 0.6 is 0 Å². The van der Waals surface area contributed by atoms with Crippen molar-refractivity contribution >= 4 is 28.8 Å². The largest absolute Gasteiger partial charge is 0.321 e. The second kappa shape index (κ2) is 5.82. The third kappa shape index (κ3) is 2.61. The lowest BCUT2D eigenvalue weighted by Gasteiger charge is -2.07. The Bertz CT molecular complexity index is 921. The van der Waals surface area contributed by atoms with E-state index in [0.29, 0.717) is 5.56 Å². The third-order valence-corrected chi connectivity index (χ3v) is 3.56. The Labute approximate surface area is 127 Å². The molecule has 3 rings (SSSR count). The number of carbonyl (C=O) groups excluding carboxylic acids is 1. The van der Waals surface area contributed by atoms with Crippen molar-refractivity contribution in [2.75, 3.05) is 0 Å². The van der Waals surface area contributed by atoms with Crippen LogP contribution in [-0.2, 0) is 0 Å². The number of aromatic nitrogens is 1. The summed E-state index contributed by atoms with van der Waals surface area (Å²) in [4.78, 5) is 26.9. The molecule has 2 aromatic carbocycles. The van der Waals surface area contributed by atoms with Gasteiger partial charge in [-0.25, -0.2) is 0 Å². The molecule has 0 spiro atoms. The number of para-hydroxylation sites is 1. The number of Topliss-reactive ketones (excluding diaryl/α,β-unsaturated/α-hetero) is 1. The average Bonchev–Trinajstić information content (AvgIpc) is 2.52. The third-order valence-electron chi connectivity index (χ3n) is 3.56. The van der Waals surface area contributed by atoms with Gasteiger partial charge in [0.2, 0.25) is 0 Å². The first-order valence-corrected chi connectivity index (χ1v) is 7.06. The number of carbonyl (C=O) groups is 1. The Balaban J connectivity index is 2.26. The summed E-state index contributed by atoms with van der Waals surface area (Å²) < 4.78 is 0. The van der Waals surface area contributed by atoms with Crippen LogP contribution < -0.4 is 5.56 Å². The molecular formula is C19H15NO2. The normalized spacial score (nSPS) is 11.1. The zero-order chi connectivity index (χ0) is 15.5. The van der Waals surface area contributed by atoms with Gasteiger partial charge < -0.3 is 4.98 Å².